The molecule has 0 aromatic carbocycles. The van der Waals surface area contributed by atoms with Gasteiger partial charge in [-0.05, 0) is 13.8 Å². The summed E-state index contributed by atoms with van der Waals surface area (Å²) < 4.78 is 3.30. The van der Waals surface area contributed by atoms with Crippen LogP contribution in [0.4, 0.5) is 0 Å². The van der Waals surface area contributed by atoms with Crippen molar-refractivity contribution in [1.29, 1.82) is 0 Å². The lowest BCUT2D eigenvalue weighted by atomic mass is 10.4. The fourth-order valence-electron chi connectivity index (χ4n) is 1.40. The van der Waals surface area contributed by atoms with Gasteiger partial charge >= 0.3 is 0 Å². The summed E-state index contributed by atoms with van der Waals surface area (Å²) in [5.41, 5.74) is 1.04. The Labute approximate surface area is 81.0 Å². The first-order valence-corrected chi connectivity index (χ1v) is 4.49. The van der Waals surface area contributed by atoms with Crippen LogP contribution < -0.4 is 5.56 Å². The molecule has 74 valence electrons. The molecule has 0 saturated carbocycles. The Kier molecular flexibility index (Phi) is 1.87. The van der Waals surface area contributed by atoms with E-state index in [0.717, 1.165) is 0 Å². The summed E-state index contributed by atoms with van der Waals surface area (Å²) in [5, 5.41) is 0. The molecule has 2 aromatic rings. The smallest absolute Gasteiger partial charge is 0.279 e. The van der Waals surface area contributed by atoms with Crippen molar-refractivity contribution in [3.63, 3.8) is 0 Å². The highest BCUT2D eigenvalue weighted by atomic mass is 16.1. The number of hydrogen-bond donors (Lipinski definition) is 0. The van der Waals surface area contributed by atoms with Crippen molar-refractivity contribution in [2.24, 2.45) is 7.05 Å². The minimum absolute atomic E-state index is 0.0544. The highest BCUT2D eigenvalue weighted by molar-refractivity contribution is 5.69. The fraction of sp³-hybridized carbons (Fsp3) is 0.444. The summed E-state index contributed by atoms with van der Waals surface area (Å²) in [7, 11) is 1.69. The number of aryl methyl sites for hydroxylation is 1. The van der Waals surface area contributed by atoms with Gasteiger partial charge in [-0.15, -0.1) is 0 Å². The van der Waals surface area contributed by atoms with Crippen LogP contribution in [0.25, 0.3) is 11.2 Å². The molecule has 0 fully saturated rings. The molecule has 5 heteroatoms. The predicted octanol–water partition coefficient (Wildman–Crippen LogP) is 0.711. The van der Waals surface area contributed by atoms with Gasteiger partial charge in [-0.1, -0.05) is 0 Å². The van der Waals surface area contributed by atoms with Crippen LogP contribution in [0.3, 0.4) is 0 Å². The molecule has 0 radical (unpaired) electrons. The summed E-state index contributed by atoms with van der Waals surface area (Å²) in [6.45, 7) is 4.01. The van der Waals surface area contributed by atoms with Crippen LogP contribution in [0, 0.1) is 0 Å². The average molecular weight is 192 g/mol. The van der Waals surface area contributed by atoms with Crippen LogP contribution in [0.2, 0.25) is 0 Å². The van der Waals surface area contributed by atoms with Crippen molar-refractivity contribution in [3.8, 4) is 0 Å². The zero-order valence-electron chi connectivity index (χ0n) is 8.43. The number of imidazole rings is 1. The largest absolute Gasteiger partial charge is 0.322 e. The summed E-state index contributed by atoms with van der Waals surface area (Å²) in [4.78, 5) is 19.9. The maximum atomic E-state index is 11.8. The van der Waals surface area contributed by atoms with Crippen molar-refractivity contribution in [3.05, 3.63) is 23.0 Å². The lowest BCUT2D eigenvalue weighted by Crippen LogP contribution is -2.19. The zero-order chi connectivity index (χ0) is 10.3. The Bertz CT molecular complexity index is 523. The van der Waals surface area contributed by atoms with E-state index in [4.69, 9.17) is 0 Å². The second kappa shape index (κ2) is 2.94. The minimum atomic E-state index is -0.0544. The third kappa shape index (κ3) is 1.13. The summed E-state index contributed by atoms with van der Waals surface area (Å²) in [6.07, 6.45) is 3.14. The summed E-state index contributed by atoms with van der Waals surface area (Å²) in [6, 6.07) is 0.219. The van der Waals surface area contributed by atoms with Gasteiger partial charge in [0.1, 0.15) is 0 Å². The van der Waals surface area contributed by atoms with Crippen molar-refractivity contribution >= 4 is 11.2 Å². The molecule has 0 spiro atoms. The van der Waals surface area contributed by atoms with Crippen LogP contribution in [-0.4, -0.2) is 19.1 Å². The van der Waals surface area contributed by atoms with Crippen LogP contribution in [-0.2, 0) is 7.05 Å². The number of fused-ring (bicyclic) bond motifs is 1. The van der Waals surface area contributed by atoms with E-state index in [1.807, 2.05) is 18.4 Å². The van der Waals surface area contributed by atoms with Crippen molar-refractivity contribution in [2.75, 3.05) is 0 Å². The average Bonchev–Trinajstić information content (AvgIpc) is 2.55. The second-order valence-corrected chi connectivity index (χ2v) is 3.58. The van der Waals surface area contributed by atoms with E-state index in [-0.39, 0.29) is 11.6 Å². The Morgan fingerprint density at radius 2 is 1.93 bits per heavy atom. The Morgan fingerprint density at radius 3 is 2.57 bits per heavy atom. The van der Waals surface area contributed by atoms with Crippen molar-refractivity contribution in [2.45, 2.75) is 19.9 Å². The molecule has 2 rings (SSSR count). The van der Waals surface area contributed by atoms with E-state index in [1.165, 1.54) is 10.9 Å². The van der Waals surface area contributed by atoms with Gasteiger partial charge in [0.2, 0.25) is 0 Å². The molecule has 0 saturated heterocycles. The molecule has 0 aliphatic rings. The molecule has 2 aromatic heterocycles. The second-order valence-electron chi connectivity index (χ2n) is 3.58. The van der Waals surface area contributed by atoms with Crippen LogP contribution in [0.1, 0.15) is 19.9 Å². The fourth-order valence-corrected chi connectivity index (χ4v) is 1.40. The van der Waals surface area contributed by atoms with E-state index in [2.05, 4.69) is 9.97 Å². The van der Waals surface area contributed by atoms with E-state index in [0.29, 0.717) is 11.2 Å². The molecule has 0 aliphatic carbocycles. The van der Waals surface area contributed by atoms with E-state index in [1.54, 1.807) is 13.4 Å². The van der Waals surface area contributed by atoms with Crippen molar-refractivity contribution in [1.82, 2.24) is 19.1 Å². The lowest BCUT2D eigenvalue weighted by Gasteiger charge is -2.06. The zero-order valence-corrected chi connectivity index (χ0v) is 8.43. The molecule has 5 nitrogen and oxygen atoms in total. The molecular formula is C9H12N4O. The molecular weight excluding hydrogens is 180 g/mol. The SMILES string of the molecule is CC(C)n1cnc2ncn(C)c(=O)c21. The van der Waals surface area contributed by atoms with E-state index < -0.39 is 0 Å². The molecule has 0 unspecified atom stereocenters. The number of aromatic nitrogens is 4. The summed E-state index contributed by atoms with van der Waals surface area (Å²) >= 11 is 0. The van der Waals surface area contributed by atoms with Gasteiger partial charge in [0, 0.05) is 13.1 Å². The first kappa shape index (κ1) is 8.93. The number of rotatable bonds is 1. The Hall–Kier alpha value is -1.65. The van der Waals surface area contributed by atoms with Gasteiger partial charge in [-0.2, -0.15) is 0 Å². The van der Waals surface area contributed by atoms with Crippen LogP contribution in [0.15, 0.2) is 17.4 Å². The van der Waals surface area contributed by atoms with Gasteiger partial charge < -0.3 is 9.13 Å². The molecule has 14 heavy (non-hydrogen) atoms. The molecule has 0 atom stereocenters. The third-order valence-electron chi connectivity index (χ3n) is 2.21. The van der Waals surface area contributed by atoms with E-state index in [9.17, 15) is 4.79 Å². The van der Waals surface area contributed by atoms with Crippen LogP contribution in [0.5, 0.6) is 0 Å². The predicted molar refractivity (Wildman–Crippen MR) is 53.2 cm³/mol. The maximum Gasteiger partial charge on any atom is 0.279 e. The van der Waals surface area contributed by atoms with Crippen LogP contribution >= 0.6 is 0 Å². The molecule has 0 aliphatic heterocycles. The quantitative estimate of drug-likeness (QED) is 0.668. The molecule has 0 amide bonds. The van der Waals surface area contributed by atoms with Gasteiger partial charge in [-0.25, -0.2) is 9.97 Å². The standard InChI is InChI=1S/C9H12N4O/c1-6(2)13-5-11-8-7(13)9(14)12(3)4-10-8/h4-6H,1-3H3. The van der Waals surface area contributed by atoms with Gasteiger partial charge in [0.25, 0.3) is 5.56 Å². The lowest BCUT2D eigenvalue weighted by molar-refractivity contribution is 0.613. The third-order valence-corrected chi connectivity index (χ3v) is 2.21. The maximum absolute atomic E-state index is 11.8. The van der Waals surface area contributed by atoms with Gasteiger partial charge in [-0.3, -0.25) is 4.79 Å². The Balaban J connectivity index is 2.89. The molecule has 2 heterocycles. The first-order valence-electron chi connectivity index (χ1n) is 4.49. The highest BCUT2D eigenvalue weighted by Gasteiger charge is 2.10. The molecule has 0 N–H and O–H groups in total. The normalized spacial score (nSPS) is 11.4. The van der Waals surface area contributed by atoms with Gasteiger partial charge in [0.15, 0.2) is 11.2 Å². The Morgan fingerprint density at radius 1 is 1.29 bits per heavy atom. The minimum Gasteiger partial charge on any atom is -0.322 e. The number of nitrogens with zero attached hydrogens (tertiary/aromatic N) is 4. The number of hydrogen-bond acceptors (Lipinski definition) is 3. The van der Waals surface area contributed by atoms with E-state index >= 15 is 0 Å². The van der Waals surface area contributed by atoms with Gasteiger partial charge in [0.05, 0.1) is 12.7 Å². The highest BCUT2D eigenvalue weighted by Crippen LogP contribution is 2.10. The first-order chi connectivity index (χ1) is 6.61. The van der Waals surface area contributed by atoms with Crippen molar-refractivity contribution < 1.29 is 0 Å². The topological polar surface area (TPSA) is 52.7 Å². The summed E-state index contributed by atoms with van der Waals surface area (Å²) in [5.74, 6) is 0. The molecule has 0 bridgehead atoms. The monoisotopic (exact) mass is 192 g/mol.